The lowest BCUT2D eigenvalue weighted by Crippen LogP contribution is -2.27. The summed E-state index contributed by atoms with van der Waals surface area (Å²) in [5.41, 5.74) is 0. The summed E-state index contributed by atoms with van der Waals surface area (Å²) in [5.74, 6) is 0.763. The van der Waals surface area contributed by atoms with E-state index < -0.39 is 10.0 Å². The standard InChI is InChI=1S/C13H25NO4S/c1-11(12-6-4-3-5-7-12)10-13(15)18-9-8-14-19(2,16)17/h11-12,14H,3-10H2,1-2H3. The Morgan fingerprint density at radius 3 is 2.53 bits per heavy atom. The Balaban J connectivity index is 2.16. The van der Waals surface area contributed by atoms with Crippen LogP contribution < -0.4 is 4.72 Å². The molecule has 1 atom stereocenters. The number of esters is 1. The van der Waals surface area contributed by atoms with E-state index in [9.17, 15) is 13.2 Å². The lowest BCUT2D eigenvalue weighted by Gasteiger charge is -2.26. The van der Waals surface area contributed by atoms with E-state index in [-0.39, 0.29) is 19.1 Å². The molecule has 0 amide bonds. The van der Waals surface area contributed by atoms with Crippen molar-refractivity contribution in [2.24, 2.45) is 11.8 Å². The van der Waals surface area contributed by atoms with E-state index in [1.54, 1.807) is 0 Å². The fourth-order valence-electron chi connectivity index (χ4n) is 2.58. The van der Waals surface area contributed by atoms with E-state index in [0.717, 1.165) is 6.26 Å². The second-order valence-electron chi connectivity index (χ2n) is 5.47. The van der Waals surface area contributed by atoms with Crippen molar-refractivity contribution < 1.29 is 17.9 Å². The summed E-state index contributed by atoms with van der Waals surface area (Å²) >= 11 is 0. The van der Waals surface area contributed by atoms with Gasteiger partial charge in [-0.25, -0.2) is 13.1 Å². The van der Waals surface area contributed by atoms with Gasteiger partial charge in [0.05, 0.1) is 6.26 Å². The zero-order chi connectivity index (χ0) is 14.3. The zero-order valence-electron chi connectivity index (χ0n) is 11.9. The van der Waals surface area contributed by atoms with Gasteiger partial charge in [0.2, 0.25) is 10.0 Å². The maximum Gasteiger partial charge on any atom is 0.306 e. The largest absolute Gasteiger partial charge is 0.464 e. The SMILES string of the molecule is CC(CC(=O)OCCNS(C)(=O)=O)C1CCCCC1. The predicted octanol–water partition coefficient (Wildman–Crippen LogP) is 1.69. The van der Waals surface area contributed by atoms with E-state index in [1.165, 1.54) is 32.1 Å². The molecule has 1 unspecified atom stereocenters. The molecule has 112 valence electrons. The summed E-state index contributed by atoms with van der Waals surface area (Å²) in [7, 11) is -3.20. The zero-order valence-corrected chi connectivity index (χ0v) is 12.7. The molecule has 0 aromatic heterocycles. The van der Waals surface area contributed by atoms with Crippen LogP contribution in [0.25, 0.3) is 0 Å². The molecule has 0 bridgehead atoms. The number of hydrogen-bond acceptors (Lipinski definition) is 4. The van der Waals surface area contributed by atoms with Gasteiger partial charge < -0.3 is 4.74 Å². The molecule has 0 saturated heterocycles. The topological polar surface area (TPSA) is 72.5 Å². The normalized spacial score (nSPS) is 19.1. The number of carbonyl (C=O) groups is 1. The van der Waals surface area contributed by atoms with Gasteiger partial charge >= 0.3 is 5.97 Å². The van der Waals surface area contributed by atoms with Crippen LogP contribution in [0.1, 0.15) is 45.4 Å². The first-order chi connectivity index (χ1) is 8.88. The highest BCUT2D eigenvalue weighted by atomic mass is 32.2. The molecule has 1 aliphatic rings. The van der Waals surface area contributed by atoms with Crippen molar-refractivity contribution in [2.45, 2.75) is 45.4 Å². The predicted molar refractivity (Wildman–Crippen MR) is 74.2 cm³/mol. The van der Waals surface area contributed by atoms with Crippen LogP contribution in [0.3, 0.4) is 0 Å². The molecule has 1 rings (SSSR count). The van der Waals surface area contributed by atoms with Gasteiger partial charge in [-0.2, -0.15) is 0 Å². The van der Waals surface area contributed by atoms with Gasteiger partial charge in [0.15, 0.2) is 0 Å². The maximum atomic E-state index is 11.6. The van der Waals surface area contributed by atoms with E-state index in [4.69, 9.17) is 4.74 Å². The molecule has 1 aliphatic carbocycles. The molecule has 1 fully saturated rings. The van der Waals surface area contributed by atoms with Crippen molar-refractivity contribution in [1.82, 2.24) is 4.72 Å². The van der Waals surface area contributed by atoms with Crippen LogP contribution in [0, 0.1) is 11.8 Å². The number of sulfonamides is 1. The molecular weight excluding hydrogens is 266 g/mol. The Bertz CT molecular complexity index is 374. The summed E-state index contributed by atoms with van der Waals surface area (Å²) in [4.78, 5) is 11.6. The highest BCUT2D eigenvalue weighted by Gasteiger charge is 2.22. The summed E-state index contributed by atoms with van der Waals surface area (Å²) in [6.45, 7) is 2.34. The number of ether oxygens (including phenoxy) is 1. The third-order valence-electron chi connectivity index (χ3n) is 3.67. The lowest BCUT2D eigenvalue weighted by molar-refractivity contribution is -0.144. The number of rotatable bonds is 7. The van der Waals surface area contributed by atoms with E-state index in [1.807, 2.05) is 0 Å². The minimum Gasteiger partial charge on any atom is -0.464 e. The van der Waals surface area contributed by atoms with Crippen LogP contribution in [0.15, 0.2) is 0 Å². The van der Waals surface area contributed by atoms with E-state index >= 15 is 0 Å². The van der Waals surface area contributed by atoms with Crippen molar-refractivity contribution in [2.75, 3.05) is 19.4 Å². The second kappa shape index (κ2) is 7.85. The summed E-state index contributed by atoms with van der Waals surface area (Å²) < 4.78 is 28.9. The Morgan fingerprint density at radius 1 is 1.32 bits per heavy atom. The second-order valence-corrected chi connectivity index (χ2v) is 7.30. The first-order valence-corrected chi connectivity index (χ1v) is 8.88. The van der Waals surface area contributed by atoms with Gasteiger partial charge in [0.1, 0.15) is 6.61 Å². The molecule has 0 aliphatic heterocycles. The molecule has 1 N–H and O–H groups in total. The number of nitrogens with one attached hydrogen (secondary N) is 1. The van der Waals surface area contributed by atoms with Crippen molar-refractivity contribution in [1.29, 1.82) is 0 Å². The molecule has 0 spiro atoms. The first-order valence-electron chi connectivity index (χ1n) is 6.99. The fraction of sp³-hybridized carbons (Fsp3) is 0.923. The van der Waals surface area contributed by atoms with Crippen LogP contribution in [0.4, 0.5) is 0 Å². The van der Waals surface area contributed by atoms with Crippen molar-refractivity contribution >= 4 is 16.0 Å². The van der Waals surface area contributed by atoms with E-state index in [0.29, 0.717) is 18.3 Å². The summed E-state index contributed by atoms with van der Waals surface area (Å²) in [5, 5.41) is 0. The molecular formula is C13H25NO4S. The van der Waals surface area contributed by atoms with Crippen molar-refractivity contribution in [3.05, 3.63) is 0 Å². The van der Waals surface area contributed by atoms with E-state index in [2.05, 4.69) is 11.6 Å². The molecule has 6 heteroatoms. The number of hydrogen-bond donors (Lipinski definition) is 1. The first kappa shape index (κ1) is 16.4. The fourth-order valence-corrected chi connectivity index (χ4v) is 3.04. The Kier molecular flexibility index (Phi) is 6.79. The summed E-state index contributed by atoms with van der Waals surface area (Å²) in [6.07, 6.45) is 7.78. The van der Waals surface area contributed by atoms with Crippen LogP contribution in [0.2, 0.25) is 0 Å². The number of carbonyl (C=O) groups excluding carboxylic acids is 1. The van der Waals surface area contributed by atoms with Crippen molar-refractivity contribution in [3.8, 4) is 0 Å². The van der Waals surface area contributed by atoms with Gasteiger partial charge in [-0.1, -0.05) is 39.0 Å². The van der Waals surface area contributed by atoms with Gasteiger partial charge in [-0.3, -0.25) is 4.79 Å². The Labute approximate surface area is 116 Å². The third-order valence-corrected chi connectivity index (χ3v) is 4.40. The smallest absolute Gasteiger partial charge is 0.306 e. The Hall–Kier alpha value is -0.620. The molecule has 5 nitrogen and oxygen atoms in total. The minimum absolute atomic E-state index is 0.100. The molecule has 0 aromatic rings. The Morgan fingerprint density at radius 2 is 1.95 bits per heavy atom. The average Bonchev–Trinajstić information content (AvgIpc) is 2.34. The molecule has 0 heterocycles. The third kappa shape index (κ3) is 7.52. The van der Waals surface area contributed by atoms with Gasteiger partial charge in [0, 0.05) is 13.0 Å². The van der Waals surface area contributed by atoms with Gasteiger partial charge in [-0.05, 0) is 11.8 Å². The molecule has 0 aromatic carbocycles. The molecule has 1 saturated carbocycles. The minimum atomic E-state index is -3.20. The average molecular weight is 291 g/mol. The molecule has 0 radical (unpaired) electrons. The van der Waals surface area contributed by atoms with Gasteiger partial charge in [0.25, 0.3) is 0 Å². The highest BCUT2D eigenvalue weighted by molar-refractivity contribution is 7.88. The van der Waals surface area contributed by atoms with Gasteiger partial charge in [-0.15, -0.1) is 0 Å². The van der Waals surface area contributed by atoms with Crippen molar-refractivity contribution in [3.63, 3.8) is 0 Å². The quantitative estimate of drug-likeness (QED) is 0.572. The highest BCUT2D eigenvalue weighted by Crippen LogP contribution is 2.31. The maximum absolute atomic E-state index is 11.6. The molecule has 19 heavy (non-hydrogen) atoms. The lowest BCUT2D eigenvalue weighted by atomic mass is 9.79. The van der Waals surface area contributed by atoms with Crippen LogP contribution in [-0.2, 0) is 19.6 Å². The van der Waals surface area contributed by atoms with Crippen LogP contribution >= 0.6 is 0 Å². The van der Waals surface area contributed by atoms with Crippen LogP contribution in [-0.4, -0.2) is 33.8 Å². The van der Waals surface area contributed by atoms with Crippen LogP contribution in [0.5, 0.6) is 0 Å². The summed E-state index contributed by atoms with van der Waals surface area (Å²) in [6, 6.07) is 0. The monoisotopic (exact) mass is 291 g/mol.